The van der Waals surface area contributed by atoms with E-state index in [-0.39, 0.29) is 0 Å². The standard InChI is InChI=1S/C28H38O/c1-3-5-7-10-14-24(23-29)22-28(17-11-8-6-4-2)27-20-18-26(19-21-27)25-15-12-9-13-16-25/h9,12-13,15-16,18-23,28H,3-8,10-11,14,17H2,1-2H3/b24-22+. The summed E-state index contributed by atoms with van der Waals surface area (Å²) < 4.78 is 0. The normalized spacial score (nSPS) is 12.7. The minimum absolute atomic E-state index is 0.336. The Hall–Kier alpha value is -2.15. The zero-order valence-corrected chi connectivity index (χ0v) is 18.4. The number of hydrogen-bond acceptors (Lipinski definition) is 1. The lowest BCUT2D eigenvalue weighted by molar-refractivity contribution is -0.105. The largest absolute Gasteiger partial charge is 0.298 e. The van der Waals surface area contributed by atoms with E-state index in [1.165, 1.54) is 61.6 Å². The van der Waals surface area contributed by atoms with Gasteiger partial charge in [-0.1, -0.05) is 119 Å². The van der Waals surface area contributed by atoms with Crippen molar-refractivity contribution >= 4 is 6.29 Å². The minimum Gasteiger partial charge on any atom is -0.298 e. The molecule has 2 aromatic rings. The molecule has 2 aromatic carbocycles. The highest BCUT2D eigenvalue weighted by molar-refractivity contribution is 5.73. The maximum Gasteiger partial charge on any atom is 0.145 e. The molecule has 1 heteroatoms. The molecule has 0 aliphatic heterocycles. The van der Waals surface area contributed by atoms with Crippen molar-refractivity contribution in [1.29, 1.82) is 0 Å². The number of hydrogen-bond donors (Lipinski definition) is 0. The summed E-state index contributed by atoms with van der Waals surface area (Å²) in [5.74, 6) is 0.336. The van der Waals surface area contributed by atoms with Crippen molar-refractivity contribution in [2.24, 2.45) is 0 Å². The first kappa shape index (κ1) is 23.1. The highest BCUT2D eigenvalue weighted by Crippen LogP contribution is 2.29. The Balaban J connectivity index is 2.13. The number of unbranched alkanes of at least 4 members (excludes halogenated alkanes) is 6. The van der Waals surface area contributed by atoms with Gasteiger partial charge in [-0.15, -0.1) is 0 Å². The van der Waals surface area contributed by atoms with Crippen LogP contribution >= 0.6 is 0 Å². The first-order valence-corrected chi connectivity index (χ1v) is 11.6. The Morgan fingerprint density at radius 2 is 1.38 bits per heavy atom. The molecular weight excluding hydrogens is 352 g/mol. The number of allylic oxidation sites excluding steroid dienone is 2. The zero-order valence-electron chi connectivity index (χ0n) is 18.4. The van der Waals surface area contributed by atoms with Crippen molar-refractivity contribution in [2.45, 2.75) is 84.0 Å². The Labute approximate surface area is 178 Å². The van der Waals surface area contributed by atoms with E-state index in [9.17, 15) is 4.79 Å². The van der Waals surface area contributed by atoms with Gasteiger partial charge in [0.2, 0.25) is 0 Å². The highest BCUT2D eigenvalue weighted by Gasteiger charge is 2.11. The molecule has 0 radical (unpaired) electrons. The Bertz CT molecular complexity index is 712. The number of carbonyl (C=O) groups excluding carboxylic acids is 1. The van der Waals surface area contributed by atoms with Gasteiger partial charge in [0, 0.05) is 5.92 Å². The topological polar surface area (TPSA) is 17.1 Å². The summed E-state index contributed by atoms with van der Waals surface area (Å²) >= 11 is 0. The summed E-state index contributed by atoms with van der Waals surface area (Å²) in [6.07, 6.45) is 15.2. The lowest BCUT2D eigenvalue weighted by Crippen LogP contribution is -1.99. The molecule has 0 amide bonds. The summed E-state index contributed by atoms with van der Waals surface area (Å²) in [5.41, 5.74) is 4.81. The van der Waals surface area contributed by atoms with Gasteiger partial charge in [0.05, 0.1) is 0 Å². The molecule has 0 aromatic heterocycles. The van der Waals surface area contributed by atoms with E-state index in [1.54, 1.807) is 0 Å². The first-order chi connectivity index (χ1) is 14.3. The molecule has 2 rings (SSSR count). The average molecular weight is 391 g/mol. The van der Waals surface area contributed by atoms with Crippen LogP contribution in [0, 0.1) is 0 Å². The third-order valence-electron chi connectivity index (χ3n) is 5.70. The lowest BCUT2D eigenvalue weighted by Gasteiger charge is -2.16. The van der Waals surface area contributed by atoms with Gasteiger partial charge >= 0.3 is 0 Å². The average Bonchev–Trinajstić information content (AvgIpc) is 2.78. The fourth-order valence-corrected chi connectivity index (χ4v) is 3.89. The molecule has 0 heterocycles. The van der Waals surface area contributed by atoms with Crippen LogP contribution in [0.2, 0.25) is 0 Å². The van der Waals surface area contributed by atoms with Gasteiger partial charge in [-0.3, -0.25) is 4.79 Å². The smallest absolute Gasteiger partial charge is 0.145 e. The molecule has 0 saturated heterocycles. The molecular formula is C28H38O. The molecule has 0 aliphatic carbocycles. The van der Waals surface area contributed by atoms with E-state index >= 15 is 0 Å². The maximum absolute atomic E-state index is 11.7. The summed E-state index contributed by atoms with van der Waals surface area (Å²) in [6, 6.07) is 19.5. The number of carbonyl (C=O) groups is 1. The van der Waals surface area contributed by atoms with Gasteiger partial charge in [-0.05, 0) is 41.5 Å². The fourth-order valence-electron chi connectivity index (χ4n) is 3.89. The number of benzene rings is 2. The molecule has 0 saturated carbocycles. The van der Waals surface area contributed by atoms with Crippen LogP contribution in [-0.2, 0) is 4.79 Å². The molecule has 0 fully saturated rings. The second-order valence-electron chi connectivity index (χ2n) is 8.11. The fraction of sp³-hybridized carbons (Fsp3) is 0.464. The third-order valence-corrected chi connectivity index (χ3v) is 5.70. The van der Waals surface area contributed by atoms with Crippen LogP contribution in [0.5, 0.6) is 0 Å². The Morgan fingerprint density at radius 3 is 2.00 bits per heavy atom. The van der Waals surface area contributed by atoms with E-state index in [0.717, 1.165) is 31.1 Å². The van der Waals surface area contributed by atoms with E-state index in [2.05, 4.69) is 74.5 Å². The van der Waals surface area contributed by atoms with Crippen molar-refractivity contribution in [2.75, 3.05) is 0 Å². The molecule has 29 heavy (non-hydrogen) atoms. The molecule has 0 aliphatic rings. The van der Waals surface area contributed by atoms with Crippen molar-refractivity contribution in [3.63, 3.8) is 0 Å². The van der Waals surface area contributed by atoms with E-state index in [1.807, 2.05) is 0 Å². The van der Waals surface area contributed by atoms with Gasteiger partial charge in [0.15, 0.2) is 0 Å². The minimum atomic E-state index is 0.336. The molecule has 1 atom stereocenters. The molecule has 0 N–H and O–H groups in total. The Morgan fingerprint density at radius 1 is 0.759 bits per heavy atom. The predicted molar refractivity (Wildman–Crippen MR) is 126 cm³/mol. The summed E-state index contributed by atoms with van der Waals surface area (Å²) in [6.45, 7) is 4.47. The molecule has 156 valence electrons. The van der Waals surface area contributed by atoms with E-state index < -0.39 is 0 Å². The van der Waals surface area contributed by atoms with E-state index in [4.69, 9.17) is 0 Å². The van der Waals surface area contributed by atoms with Crippen molar-refractivity contribution < 1.29 is 4.79 Å². The second-order valence-corrected chi connectivity index (χ2v) is 8.11. The lowest BCUT2D eigenvalue weighted by atomic mass is 9.89. The predicted octanol–water partition coefficient (Wildman–Crippen LogP) is 8.50. The van der Waals surface area contributed by atoms with Crippen molar-refractivity contribution in [3.05, 3.63) is 71.8 Å². The van der Waals surface area contributed by atoms with Gasteiger partial charge < -0.3 is 0 Å². The molecule has 1 nitrogen and oxygen atoms in total. The summed E-state index contributed by atoms with van der Waals surface area (Å²) in [5, 5.41) is 0. The van der Waals surface area contributed by atoms with E-state index in [0.29, 0.717) is 5.92 Å². The highest BCUT2D eigenvalue weighted by atomic mass is 16.1. The van der Waals surface area contributed by atoms with Crippen molar-refractivity contribution in [3.8, 4) is 11.1 Å². The second kappa shape index (κ2) is 13.9. The van der Waals surface area contributed by atoms with Crippen LogP contribution in [0.15, 0.2) is 66.2 Å². The van der Waals surface area contributed by atoms with Crippen LogP contribution < -0.4 is 0 Å². The number of rotatable bonds is 14. The SMILES string of the molecule is CCCCCC/C(C=O)=C\C(CCCCCC)c1ccc(-c2ccccc2)cc1. The van der Waals surface area contributed by atoms with Crippen LogP contribution in [-0.4, -0.2) is 6.29 Å². The monoisotopic (exact) mass is 390 g/mol. The zero-order chi connectivity index (χ0) is 20.7. The van der Waals surface area contributed by atoms with Crippen LogP contribution in [0.3, 0.4) is 0 Å². The van der Waals surface area contributed by atoms with Crippen LogP contribution in [0.1, 0.15) is 89.5 Å². The third kappa shape index (κ3) is 8.40. The molecule has 0 bridgehead atoms. The first-order valence-electron chi connectivity index (χ1n) is 11.6. The van der Waals surface area contributed by atoms with Gasteiger partial charge in [0.25, 0.3) is 0 Å². The van der Waals surface area contributed by atoms with Crippen molar-refractivity contribution in [1.82, 2.24) is 0 Å². The summed E-state index contributed by atoms with van der Waals surface area (Å²) in [4.78, 5) is 11.7. The summed E-state index contributed by atoms with van der Waals surface area (Å²) in [7, 11) is 0. The Kier molecular flexibility index (Phi) is 11.1. The van der Waals surface area contributed by atoms with Crippen LogP contribution in [0.4, 0.5) is 0 Å². The van der Waals surface area contributed by atoms with Gasteiger partial charge in [-0.2, -0.15) is 0 Å². The quantitative estimate of drug-likeness (QED) is 0.179. The van der Waals surface area contributed by atoms with Crippen LogP contribution in [0.25, 0.3) is 11.1 Å². The molecule has 0 spiro atoms. The van der Waals surface area contributed by atoms with Gasteiger partial charge in [-0.25, -0.2) is 0 Å². The maximum atomic E-state index is 11.7. The molecule has 1 unspecified atom stereocenters. The number of aldehydes is 1. The van der Waals surface area contributed by atoms with Gasteiger partial charge in [0.1, 0.15) is 6.29 Å².